The van der Waals surface area contributed by atoms with Crippen LogP contribution < -0.4 is 10.1 Å². The molecule has 28 heavy (non-hydrogen) atoms. The van der Waals surface area contributed by atoms with Crippen LogP contribution in [0.25, 0.3) is 0 Å². The number of hydrogen-bond donors (Lipinski definition) is 1. The Morgan fingerprint density at radius 1 is 1.00 bits per heavy atom. The summed E-state index contributed by atoms with van der Waals surface area (Å²) >= 11 is 13.6. The Balaban J connectivity index is 1.76. The molecule has 3 aromatic carbocycles. The molecule has 0 saturated carbocycles. The molecule has 0 aliphatic rings. The van der Waals surface area contributed by atoms with Crippen LogP contribution in [0.5, 0.6) is 5.75 Å². The summed E-state index contributed by atoms with van der Waals surface area (Å²) in [6, 6.07) is 18.7. The highest BCUT2D eigenvalue weighted by Crippen LogP contribution is 2.30. The first-order chi connectivity index (χ1) is 13.5. The summed E-state index contributed by atoms with van der Waals surface area (Å²) in [5.41, 5.74) is 3.31. The molecule has 1 amide bonds. The third kappa shape index (κ3) is 5.22. The Bertz CT molecular complexity index is 990. The number of carbonyl (C=O) groups is 1. The molecule has 0 aliphatic heterocycles. The summed E-state index contributed by atoms with van der Waals surface area (Å²) in [4.78, 5) is 13.8. The van der Waals surface area contributed by atoms with Crippen LogP contribution >= 0.6 is 35.0 Å². The SMILES string of the molecule is COc1ccc(C(=O)Nc2ccc(Cl)c(Cl)c2)cc1CSc1ccc(C)cc1. The number of rotatable bonds is 6. The fourth-order valence-corrected chi connectivity index (χ4v) is 3.78. The molecule has 3 nitrogen and oxygen atoms in total. The van der Waals surface area contributed by atoms with Crippen molar-refractivity contribution in [2.75, 3.05) is 12.4 Å². The van der Waals surface area contributed by atoms with Crippen LogP contribution in [-0.4, -0.2) is 13.0 Å². The van der Waals surface area contributed by atoms with Gasteiger partial charge in [-0.05, 0) is 55.5 Å². The van der Waals surface area contributed by atoms with Crippen molar-refractivity contribution in [1.29, 1.82) is 0 Å². The first-order valence-corrected chi connectivity index (χ1v) is 10.3. The van der Waals surface area contributed by atoms with E-state index in [0.717, 1.165) is 11.3 Å². The van der Waals surface area contributed by atoms with E-state index in [1.807, 2.05) is 12.1 Å². The molecule has 3 rings (SSSR count). The highest BCUT2D eigenvalue weighted by Gasteiger charge is 2.12. The molecule has 0 saturated heterocycles. The predicted molar refractivity (Wildman–Crippen MR) is 118 cm³/mol. The Kier molecular flexibility index (Phi) is 6.89. The van der Waals surface area contributed by atoms with Crippen molar-refractivity contribution in [3.05, 3.63) is 87.4 Å². The van der Waals surface area contributed by atoms with Crippen molar-refractivity contribution in [1.82, 2.24) is 0 Å². The van der Waals surface area contributed by atoms with Gasteiger partial charge in [-0.2, -0.15) is 0 Å². The van der Waals surface area contributed by atoms with Crippen LogP contribution in [0.4, 0.5) is 5.69 Å². The molecule has 0 aromatic heterocycles. The van der Waals surface area contributed by atoms with Crippen molar-refractivity contribution in [2.24, 2.45) is 0 Å². The monoisotopic (exact) mass is 431 g/mol. The molecule has 0 unspecified atom stereocenters. The van der Waals surface area contributed by atoms with Crippen molar-refractivity contribution >= 4 is 46.6 Å². The van der Waals surface area contributed by atoms with Gasteiger partial charge in [0, 0.05) is 27.5 Å². The highest BCUT2D eigenvalue weighted by atomic mass is 35.5. The summed E-state index contributed by atoms with van der Waals surface area (Å²) in [6.45, 7) is 2.06. The van der Waals surface area contributed by atoms with Crippen LogP contribution in [0.2, 0.25) is 10.0 Å². The first kappa shape index (κ1) is 20.6. The van der Waals surface area contributed by atoms with Crippen LogP contribution in [-0.2, 0) is 5.75 Å². The van der Waals surface area contributed by atoms with Gasteiger partial charge in [0.25, 0.3) is 5.91 Å². The van der Waals surface area contributed by atoms with E-state index >= 15 is 0 Å². The maximum atomic E-state index is 12.6. The minimum Gasteiger partial charge on any atom is -0.496 e. The minimum absolute atomic E-state index is 0.220. The zero-order chi connectivity index (χ0) is 20.1. The number of methoxy groups -OCH3 is 1. The van der Waals surface area contributed by atoms with E-state index in [0.29, 0.717) is 27.0 Å². The Hall–Kier alpha value is -2.14. The van der Waals surface area contributed by atoms with Gasteiger partial charge in [0.15, 0.2) is 0 Å². The molecule has 0 spiro atoms. The third-order valence-corrected chi connectivity index (χ3v) is 5.94. The lowest BCUT2D eigenvalue weighted by Crippen LogP contribution is -2.12. The van der Waals surface area contributed by atoms with Crippen LogP contribution in [0, 0.1) is 6.92 Å². The van der Waals surface area contributed by atoms with Gasteiger partial charge in [0.05, 0.1) is 17.2 Å². The van der Waals surface area contributed by atoms with Crippen molar-refractivity contribution < 1.29 is 9.53 Å². The number of benzene rings is 3. The number of aryl methyl sites for hydroxylation is 1. The highest BCUT2D eigenvalue weighted by molar-refractivity contribution is 7.98. The molecule has 0 atom stereocenters. The zero-order valence-electron chi connectivity index (χ0n) is 15.5. The standard InChI is InChI=1S/C22H19Cl2NO2S/c1-14-3-7-18(8-4-14)28-13-16-11-15(5-10-21(16)27-2)22(26)25-17-6-9-19(23)20(24)12-17/h3-12H,13H2,1-2H3,(H,25,26). The maximum absolute atomic E-state index is 12.6. The Labute approximate surface area is 179 Å². The van der Waals surface area contributed by atoms with E-state index in [-0.39, 0.29) is 5.91 Å². The normalized spacial score (nSPS) is 10.6. The van der Waals surface area contributed by atoms with Gasteiger partial charge in [-0.3, -0.25) is 4.79 Å². The fourth-order valence-electron chi connectivity index (χ4n) is 2.61. The average Bonchev–Trinajstić information content (AvgIpc) is 2.70. The van der Waals surface area contributed by atoms with Crippen molar-refractivity contribution in [2.45, 2.75) is 17.6 Å². The summed E-state index contributed by atoms with van der Waals surface area (Å²) < 4.78 is 5.46. The number of hydrogen-bond acceptors (Lipinski definition) is 3. The number of carbonyl (C=O) groups excluding carboxylic acids is 1. The van der Waals surface area contributed by atoms with Gasteiger partial charge in [-0.25, -0.2) is 0 Å². The van der Waals surface area contributed by atoms with E-state index in [1.165, 1.54) is 10.5 Å². The fraction of sp³-hybridized carbons (Fsp3) is 0.136. The van der Waals surface area contributed by atoms with Crippen LogP contribution in [0.3, 0.4) is 0 Å². The van der Waals surface area contributed by atoms with E-state index in [2.05, 4.69) is 36.5 Å². The minimum atomic E-state index is -0.220. The van der Waals surface area contributed by atoms with Gasteiger partial charge >= 0.3 is 0 Å². The largest absolute Gasteiger partial charge is 0.496 e. The van der Waals surface area contributed by atoms with E-state index in [9.17, 15) is 4.79 Å². The number of anilines is 1. The second-order valence-corrected chi connectivity index (χ2v) is 8.07. The molecule has 1 N–H and O–H groups in total. The number of thioether (sulfide) groups is 1. The van der Waals surface area contributed by atoms with E-state index < -0.39 is 0 Å². The van der Waals surface area contributed by atoms with Gasteiger partial charge in [-0.15, -0.1) is 11.8 Å². The van der Waals surface area contributed by atoms with E-state index in [1.54, 1.807) is 43.1 Å². The molecule has 0 radical (unpaired) electrons. The molecule has 6 heteroatoms. The summed E-state index contributed by atoms with van der Waals surface area (Å²) in [5.74, 6) is 1.23. The second kappa shape index (κ2) is 9.37. The van der Waals surface area contributed by atoms with Crippen molar-refractivity contribution in [3.8, 4) is 5.75 Å². The van der Waals surface area contributed by atoms with Crippen molar-refractivity contribution in [3.63, 3.8) is 0 Å². The quantitative estimate of drug-likeness (QED) is 0.433. The Morgan fingerprint density at radius 2 is 1.75 bits per heavy atom. The topological polar surface area (TPSA) is 38.3 Å². The Morgan fingerprint density at radius 3 is 2.43 bits per heavy atom. The zero-order valence-corrected chi connectivity index (χ0v) is 17.8. The molecular formula is C22H19Cl2NO2S. The predicted octanol–water partition coefficient (Wildman–Crippen LogP) is 6.86. The second-order valence-electron chi connectivity index (χ2n) is 6.21. The van der Waals surface area contributed by atoms with Crippen LogP contribution in [0.15, 0.2) is 65.6 Å². The van der Waals surface area contributed by atoms with E-state index in [4.69, 9.17) is 27.9 Å². The van der Waals surface area contributed by atoms with Gasteiger partial charge in [-0.1, -0.05) is 40.9 Å². The lowest BCUT2D eigenvalue weighted by Gasteiger charge is -2.12. The van der Waals surface area contributed by atoms with Gasteiger partial charge in [0.1, 0.15) is 5.75 Å². The average molecular weight is 432 g/mol. The molecular weight excluding hydrogens is 413 g/mol. The lowest BCUT2D eigenvalue weighted by molar-refractivity contribution is 0.102. The molecule has 0 fully saturated rings. The number of halogens is 2. The molecule has 0 heterocycles. The number of ether oxygens (including phenoxy) is 1. The molecule has 0 bridgehead atoms. The number of amides is 1. The van der Waals surface area contributed by atoms with Gasteiger partial charge in [0.2, 0.25) is 0 Å². The lowest BCUT2D eigenvalue weighted by atomic mass is 10.1. The molecule has 3 aromatic rings. The summed E-state index contributed by atoms with van der Waals surface area (Å²) in [7, 11) is 1.63. The van der Waals surface area contributed by atoms with Crippen LogP contribution in [0.1, 0.15) is 21.5 Å². The summed E-state index contributed by atoms with van der Waals surface area (Å²) in [6.07, 6.45) is 0. The third-order valence-electron chi connectivity index (χ3n) is 4.14. The first-order valence-electron chi connectivity index (χ1n) is 8.59. The molecule has 144 valence electrons. The summed E-state index contributed by atoms with van der Waals surface area (Å²) in [5, 5.41) is 3.68. The smallest absolute Gasteiger partial charge is 0.255 e. The molecule has 0 aliphatic carbocycles. The van der Waals surface area contributed by atoms with Gasteiger partial charge < -0.3 is 10.1 Å². The number of nitrogens with one attached hydrogen (secondary N) is 1. The maximum Gasteiger partial charge on any atom is 0.255 e.